The van der Waals surface area contributed by atoms with E-state index in [-0.39, 0.29) is 5.56 Å². The molecule has 10 heteroatoms. The quantitative estimate of drug-likeness (QED) is 0.457. The average molecular weight is 439 g/mol. The number of rotatable bonds is 6. The Labute approximate surface area is 183 Å². The van der Waals surface area contributed by atoms with Gasteiger partial charge in [0.2, 0.25) is 12.7 Å². The van der Waals surface area contributed by atoms with Gasteiger partial charge in [0.15, 0.2) is 16.7 Å². The van der Waals surface area contributed by atoms with Gasteiger partial charge in [-0.1, -0.05) is 17.8 Å². The SMILES string of the molecule is O=c1cc(CSc2ncccn2)nc(N2CCN(Cc3ccc4c(c3)OCO4)CC2)[nH]1. The van der Waals surface area contributed by atoms with E-state index >= 15 is 0 Å². The van der Waals surface area contributed by atoms with Crippen molar-refractivity contribution in [2.24, 2.45) is 0 Å². The molecule has 1 N–H and O–H groups in total. The number of nitrogens with zero attached hydrogens (tertiary/aromatic N) is 5. The first kappa shape index (κ1) is 19.8. The number of H-pyrrole nitrogens is 1. The standard InChI is InChI=1S/C21H22N6O3S/c28-19-11-16(13-31-21-22-4-1-5-23-21)24-20(25-19)27-8-6-26(7-9-27)12-15-2-3-17-18(10-15)30-14-29-17/h1-5,10-11H,6-9,12-14H2,(H,24,25,28). The van der Waals surface area contributed by atoms with E-state index in [2.05, 4.69) is 35.8 Å². The molecule has 2 aromatic heterocycles. The van der Waals surface area contributed by atoms with Crippen molar-refractivity contribution in [2.75, 3.05) is 37.9 Å². The van der Waals surface area contributed by atoms with Gasteiger partial charge < -0.3 is 14.4 Å². The molecule has 5 rings (SSSR count). The summed E-state index contributed by atoms with van der Waals surface area (Å²) in [6.45, 7) is 4.50. The number of benzene rings is 1. The van der Waals surface area contributed by atoms with Crippen LogP contribution in [0.25, 0.3) is 0 Å². The summed E-state index contributed by atoms with van der Waals surface area (Å²) in [7, 11) is 0. The molecule has 1 saturated heterocycles. The lowest BCUT2D eigenvalue weighted by Gasteiger charge is -2.35. The molecule has 9 nitrogen and oxygen atoms in total. The fraction of sp³-hybridized carbons (Fsp3) is 0.333. The maximum Gasteiger partial charge on any atom is 0.252 e. The zero-order chi connectivity index (χ0) is 21.0. The predicted octanol–water partition coefficient (Wildman–Crippen LogP) is 1.90. The fourth-order valence-electron chi connectivity index (χ4n) is 3.63. The maximum atomic E-state index is 12.2. The molecule has 0 spiro atoms. The second-order valence-electron chi connectivity index (χ2n) is 7.33. The molecule has 3 aromatic rings. The summed E-state index contributed by atoms with van der Waals surface area (Å²) >= 11 is 1.46. The van der Waals surface area contributed by atoms with Crippen LogP contribution in [0.5, 0.6) is 11.5 Å². The number of aromatic amines is 1. The topological polar surface area (TPSA) is 96.5 Å². The van der Waals surface area contributed by atoms with Crippen LogP contribution in [-0.2, 0) is 12.3 Å². The first-order chi connectivity index (χ1) is 15.2. The summed E-state index contributed by atoms with van der Waals surface area (Å²) in [6.07, 6.45) is 3.41. The third-order valence-electron chi connectivity index (χ3n) is 5.19. The van der Waals surface area contributed by atoms with E-state index in [1.165, 1.54) is 23.4 Å². The van der Waals surface area contributed by atoms with Gasteiger partial charge in [0.25, 0.3) is 5.56 Å². The zero-order valence-electron chi connectivity index (χ0n) is 16.9. The Hall–Kier alpha value is -3.11. The predicted molar refractivity (Wildman–Crippen MR) is 117 cm³/mol. The Kier molecular flexibility index (Phi) is 5.72. The highest BCUT2D eigenvalue weighted by Crippen LogP contribution is 2.32. The molecule has 1 fully saturated rings. The van der Waals surface area contributed by atoms with Gasteiger partial charge in [0.1, 0.15) is 0 Å². The highest BCUT2D eigenvalue weighted by atomic mass is 32.2. The minimum atomic E-state index is -0.141. The van der Waals surface area contributed by atoms with Crippen molar-refractivity contribution in [3.8, 4) is 11.5 Å². The minimum Gasteiger partial charge on any atom is -0.454 e. The third-order valence-corrected chi connectivity index (χ3v) is 6.10. The molecule has 160 valence electrons. The molecule has 0 radical (unpaired) electrons. The smallest absolute Gasteiger partial charge is 0.252 e. The van der Waals surface area contributed by atoms with Gasteiger partial charge in [0, 0.05) is 56.9 Å². The summed E-state index contributed by atoms with van der Waals surface area (Å²) in [6, 6.07) is 9.41. The van der Waals surface area contributed by atoms with Crippen molar-refractivity contribution < 1.29 is 9.47 Å². The van der Waals surface area contributed by atoms with E-state index < -0.39 is 0 Å². The van der Waals surface area contributed by atoms with Crippen LogP contribution < -0.4 is 19.9 Å². The monoisotopic (exact) mass is 438 g/mol. The number of piperazine rings is 1. The number of hydrogen-bond acceptors (Lipinski definition) is 9. The first-order valence-corrected chi connectivity index (χ1v) is 11.1. The minimum absolute atomic E-state index is 0.141. The van der Waals surface area contributed by atoms with Crippen LogP contribution in [0.15, 0.2) is 52.7 Å². The summed E-state index contributed by atoms with van der Waals surface area (Å²) in [5.41, 5.74) is 1.78. The summed E-state index contributed by atoms with van der Waals surface area (Å²) in [5, 5.41) is 0.670. The molecule has 0 unspecified atom stereocenters. The zero-order valence-corrected chi connectivity index (χ0v) is 17.7. The number of thioether (sulfide) groups is 1. The van der Waals surface area contributed by atoms with Gasteiger partial charge in [-0.2, -0.15) is 0 Å². The van der Waals surface area contributed by atoms with Gasteiger partial charge >= 0.3 is 0 Å². The van der Waals surface area contributed by atoms with Gasteiger partial charge in [-0.05, 0) is 23.8 Å². The number of ether oxygens (including phenoxy) is 2. The Morgan fingerprint density at radius 3 is 2.68 bits per heavy atom. The molecule has 0 amide bonds. The van der Waals surface area contributed by atoms with Crippen LogP contribution in [0.3, 0.4) is 0 Å². The highest BCUT2D eigenvalue weighted by molar-refractivity contribution is 7.98. The van der Waals surface area contributed by atoms with Crippen LogP contribution in [0.1, 0.15) is 11.3 Å². The summed E-state index contributed by atoms with van der Waals surface area (Å²) in [5.74, 6) is 2.79. The normalized spacial score (nSPS) is 15.9. The van der Waals surface area contributed by atoms with Crippen LogP contribution in [-0.4, -0.2) is 57.8 Å². The molecule has 0 atom stereocenters. The van der Waals surface area contributed by atoms with E-state index in [4.69, 9.17) is 9.47 Å². The fourth-order valence-corrected chi connectivity index (χ4v) is 4.33. The second kappa shape index (κ2) is 8.94. The van der Waals surface area contributed by atoms with Crippen LogP contribution in [0.2, 0.25) is 0 Å². The lowest BCUT2D eigenvalue weighted by Crippen LogP contribution is -2.47. The van der Waals surface area contributed by atoms with Crippen molar-refractivity contribution >= 4 is 17.7 Å². The van der Waals surface area contributed by atoms with Crippen LogP contribution in [0.4, 0.5) is 5.95 Å². The van der Waals surface area contributed by atoms with Crippen LogP contribution in [0, 0.1) is 0 Å². The molecule has 4 heterocycles. The summed E-state index contributed by atoms with van der Waals surface area (Å²) in [4.78, 5) is 32.6. The molecule has 31 heavy (non-hydrogen) atoms. The Morgan fingerprint density at radius 1 is 1.03 bits per heavy atom. The van der Waals surface area contributed by atoms with Crippen molar-refractivity contribution in [1.29, 1.82) is 0 Å². The van der Waals surface area contributed by atoms with Crippen molar-refractivity contribution in [2.45, 2.75) is 17.5 Å². The maximum absolute atomic E-state index is 12.2. The molecular weight excluding hydrogens is 416 g/mol. The van der Waals surface area contributed by atoms with E-state index in [1.807, 2.05) is 12.1 Å². The summed E-state index contributed by atoms with van der Waals surface area (Å²) < 4.78 is 10.9. The first-order valence-electron chi connectivity index (χ1n) is 10.1. The molecule has 2 aliphatic rings. The number of nitrogens with one attached hydrogen (secondary N) is 1. The Bertz CT molecular complexity index is 1100. The van der Waals surface area contributed by atoms with E-state index in [1.54, 1.807) is 18.5 Å². The van der Waals surface area contributed by atoms with E-state index in [9.17, 15) is 4.79 Å². The number of aromatic nitrogens is 4. The van der Waals surface area contributed by atoms with Gasteiger partial charge in [-0.3, -0.25) is 14.7 Å². The van der Waals surface area contributed by atoms with Crippen molar-refractivity contribution in [3.05, 3.63) is 64.3 Å². The van der Waals surface area contributed by atoms with Crippen molar-refractivity contribution in [3.63, 3.8) is 0 Å². The number of anilines is 1. The molecule has 1 aromatic carbocycles. The van der Waals surface area contributed by atoms with E-state index in [0.717, 1.165) is 49.9 Å². The molecule has 0 saturated carbocycles. The molecular formula is C21H22N6O3S. The Balaban J connectivity index is 1.19. The largest absolute Gasteiger partial charge is 0.454 e. The number of fused-ring (bicyclic) bond motifs is 1. The number of hydrogen-bond donors (Lipinski definition) is 1. The lowest BCUT2D eigenvalue weighted by molar-refractivity contribution is 0.174. The van der Waals surface area contributed by atoms with Crippen molar-refractivity contribution in [1.82, 2.24) is 24.8 Å². The molecule has 2 aliphatic heterocycles. The third kappa shape index (κ3) is 4.80. The van der Waals surface area contributed by atoms with Gasteiger partial charge in [-0.25, -0.2) is 15.0 Å². The lowest BCUT2D eigenvalue weighted by atomic mass is 10.1. The van der Waals surface area contributed by atoms with Gasteiger partial charge in [-0.15, -0.1) is 0 Å². The Morgan fingerprint density at radius 2 is 1.84 bits per heavy atom. The van der Waals surface area contributed by atoms with E-state index in [0.29, 0.717) is 23.7 Å². The highest BCUT2D eigenvalue weighted by Gasteiger charge is 2.21. The molecule has 0 aliphatic carbocycles. The van der Waals surface area contributed by atoms with Gasteiger partial charge in [0.05, 0.1) is 5.69 Å². The van der Waals surface area contributed by atoms with Crippen LogP contribution >= 0.6 is 11.8 Å². The average Bonchev–Trinajstić information content (AvgIpc) is 3.27. The molecule has 0 bridgehead atoms. The second-order valence-corrected chi connectivity index (χ2v) is 8.27.